The van der Waals surface area contributed by atoms with Gasteiger partial charge in [0, 0.05) is 0 Å². The molecule has 4 N–H and O–H groups in total. The third-order valence-electron chi connectivity index (χ3n) is 0.805. The molecule has 6 nitrogen and oxygen atoms in total. The molecule has 0 heterocycles. The Kier molecular flexibility index (Phi) is 14.5. The number of carboxylic acids is 2. The molecule has 2 atom stereocenters. The third kappa shape index (κ3) is 6.95. The van der Waals surface area contributed by atoms with Crippen LogP contribution in [0.25, 0.3) is 0 Å². The predicted molar refractivity (Wildman–Crippen MR) is 30.6 cm³/mol. The van der Waals surface area contributed by atoms with Crippen molar-refractivity contribution in [2.24, 2.45) is 0 Å². The van der Waals surface area contributed by atoms with Crippen LogP contribution < -0.4 is 80.9 Å². The molecule has 0 spiro atoms. The van der Waals surface area contributed by atoms with Crippen LogP contribution in [0.5, 0.6) is 0 Å². The van der Waals surface area contributed by atoms with E-state index in [9.17, 15) is 9.59 Å². The third-order valence-corrected chi connectivity index (χ3v) is 0.805. The van der Waals surface area contributed by atoms with E-state index in [2.05, 4.69) is 0 Å². The average molecular weight is 215 g/mol. The van der Waals surface area contributed by atoms with E-state index in [0.717, 1.165) is 0 Å². The van der Waals surface area contributed by atoms with Crippen LogP contribution >= 0.6 is 0 Å². The Bertz CT molecular complexity index is 154. The standard InChI is InChI=1S/C4H6O6.K.Na.2H/c5-1(3(7)8)2(6)4(9)10;;;;/h1-2,5-6H,(H,7,8)(H,9,10);;;;/q;2*+1;2*-1/p+1. The van der Waals surface area contributed by atoms with Crippen molar-refractivity contribution in [1.29, 1.82) is 0 Å². The molecule has 0 aromatic rings. The summed E-state index contributed by atoms with van der Waals surface area (Å²) in [4.78, 5) is 19.5. The van der Waals surface area contributed by atoms with Gasteiger partial charge in [0.05, 0.1) is 0 Å². The fourth-order valence-corrected chi connectivity index (χ4v) is 0.270. The Balaban J connectivity index is -0.0000000405. The maximum absolute atomic E-state index is 9.77. The Labute approximate surface area is 137 Å². The number of hydrogen-bond acceptors (Lipinski definition) is 4. The van der Waals surface area contributed by atoms with Crippen LogP contribution in [0.1, 0.15) is 4.28 Å². The summed E-state index contributed by atoms with van der Waals surface area (Å²) in [6.45, 7) is 0. The van der Waals surface area contributed by atoms with E-state index in [1.165, 1.54) is 0 Å². The molecule has 0 saturated heterocycles. The summed E-state index contributed by atoms with van der Waals surface area (Å²) in [6.07, 6.45) is -4.53. The van der Waals surface area contributed by atoms with Crippen LogP contribution in [0, 0.1) is 0 Å². The molecule has 0 amide bonds. The topological polar surface area (TPSA) is 115 Å². The first-order valence-electron chi connectivity index (χ1n) is 2.28. The minimum atomic E-state index is -2.27. The molecule has 0 rings (SSSR count). The second-order valence-electron chi connectivity index (χ2n) is 1.57. The number of carbonyl (C=O) groups is 2. The van der Waals surface area contributed by atoms with E-state index in [0.29, 0.717) is 0 Å². The molecule has 0 bridgehead atoms. The first-order valence-corrected chi connectivity index (χ1v) is 2.28. The Morgan fingerprint density at radius 1 is 1.08 bits per heavy atom. The van der Waals surface area contributed by atoms with Crippen LogP contribution in [0.3, 0.4) is 0 Å². The van der Waals surface area contributed by atoms with Crippen molar-refractivity contribution in [3.8, 4) is 0 Å². The van der Waals surface area contributed by atoms with E-state index in [-0.39, 0.29) is 85.2 Å². The maximum Gasteiger partial charge on any atom is 1.00 e. The SMILES string of the molecule is O=C(O)C(O)C(O)C(=O)O.[H+].[H-].[H-].[K+].[Na+]. The van der Waals surface area contributed by atoms with Crippen molar-refractivity contribution in [3.63, 3.8) is 0 Å². The summed E-state index contributed by atoms with van der Waals surface area (Å²) in [5, 5.41) is 32.5. The molecular formula is C4H9KNaO6+. The molecular weight excluding hydrogens is 206 g/mol. The quantitative estimate of drug-likeness (QED) is 0.348. The molecule has 8 heteroatoms. The zero-order valence-corrected chi connectivity index (χ0v) is 11.9. The summed E-state index contributed by atoms with van der Waals surface area (Å²) < 4.78 is 0. The van der Waals surface area contributed by atoms with Crippen LogP contribution in [-0.2, 0) is 9.59 Å². The molecule has 0 aromatic heterocycles. The molecule has 0 saturated carbocycles. The van der Waals surface area contributed by atoms with E-state index in [1.807, 2.05) is 0 Å². The van der Waals surface area contributed by atoms with E-state index < -0.39 is 24.1 Å². The minimum absolute atomic E-state index is 0. The van der Waals surface area contributed by atoms with Gasteiger partial charge in [-0.25, -0.2) is 9.59 Å². The number of aliphatic hydroxyl groups excluding tert-OH is 2. The molecule has 62 valence electrons. The second kappa shape index (κ2) is 9.07. The van der Waals surface area contributed by atoms with Crippen molar-refractivity contribution >= 4 is 11.9 Å². The smallest absolute Gasteiger partial charge is 1.00 e. The Hall–Kier alpha value is 1.50. The molecule has 0 aromatic carbocycles. The number of aliphatic carboxylic acids is 2. The summed E-state index contributed by atoms with van der Waals surface area (Å²) in [5.74, 6) is -3.54. The number of rotatable bonds is 3. The van der Waals surface area contributed by atoms with E-state index in [1.54, 1.807) is 0 Å². The van der Waals surface area contributed by atoms with Gasteiger partial charge in [-0.15, -0.1) is 0 Å². The van der Waals surface area contributed by atoms with Gasteiger partial charge in [0.2, 0.25) is 0 Å². The average Bonchev–Trinajstić information content (AvgIpc) is 1.84. The molecule has 0 aliphatic rings. The van der Waals surface area contributed by atoms with Crippen molar-refractivity contribution in [1.82, 2.24) is 0 Å². The van der Waals surface area contributed by atoms with Gasteiger partial charge in [-0.1, -0.05) is 0 Å². The minimum Gasteiger partial charge on any atom is -1.00 e. The Morgan fingerprint density at radius 2 is 1.25 bits per heavy atom. The van der Waals surface area contributed by atoms with Crippen LogP contribution in [0.2, 0.25) is 0 Å². The summed E-state index contributed by atoms with van der Waals surface area (Å²) in [7, 11) is 0. The normalized spacial score (nSPS) is 13.2. The van der Waals surface area contributed by atoms with Gasteiger partial charge in [0.15, 0.2) is 12.2 Å². The fraction of sp³-hybridized carbons (Fsp3) is 0.500. The molecule has 12 heavy (non-hydrogen) atoms. The molecule has 0 aliphatic heterocycles. The van der Waals surface area contributed by atoms with Crippen LogP contribution in [0.15, 0.2) is 0 Å². The number of hydrogen-bond donors (Lipinski definition) is 4. The molecule has 0 aliphatic carbocycles. The zero-order chi connectivity index (χ0) is 8.31. The van der Waals surface area contributed by atoms with Crippen molar-refractivity contribution in [3.05, 3.63) is 0 Å². The second-order valence-corrected chi connectivity index (χ2v) is 1.57. The van der Waals surface area contributed by atoms with Gasteiger partial charge in [-0.05, 0) is 0 Å². The van der Waals surface area contributed by atoms with Crippen LogP contribution in [-0.4, -0.2) is 44.6 Å². The van der Waals surface area contributed by atoms with Crippen molar-refractivity contribution < 1.29 is 115 Å². The Morgan fingerprint density at radius 3 is 1.33 bits per heavy atom. The monoisotopic (exact) mass is 215 g/mol. The van der Waals surface area contributed by atoms with Gasteiger partial charge in [0.1, 0.15) is 0 Å². The van der Waals surface area contributed by atoms with E-state index >= 15 is 0 Å². The number of aliphatic hydroxyl groups is 2. The summed E-state index contributed by atoms with van der Waals surface area (Å²) in [6, 6.07) is 0. The van der Waals surface area contributed by atoms with Gasteiger partial charge >= 0.3 is 94.3 Å². The van der Waals surface area contributed by atoms with Crippen LogP contribution in [0.4, 0.5) is 0 Å². The largest absolute Gasteiger partial charge is 1.00 e. The van der Waals surface area contributed by atoms with Gasteiger partial charge in [-0.3, -0.25) is 0 Å². The van der Waals surface area contributed by atoms with Gasteiger partial charge in [0.25, 0.3) is 0 Å². The first kappa shape index (κ1) is 19.1. The van der Waals surface area contributed by atoms with E-state index in [4.69, 9.17) is 20.4 Å². The fourth-order valence-electron chi connectivity index (χ4n) is 0.270. The van der Waals surface area contributed by atoms with Crippen molar-refractivity contribution in [2.45, 2.75) is 12.2 Å². The first-order chi connectivity index (χ1) is 4.46. The summed E-state index contributed by atoms with van der Waals surface area (Å²) >= 11 is 0. The van der Waals surface area contributed by atoms with Gasteiger partial charge < -0.3 is 23.3 Å². The maximum atomic E-state index is 9.77. The molecule has 0 fully saturated rings. The predicted octanol–water partition coefficient (Wildman–Crippen LogP) is -7.78. The number of carboxylic acid groups (broad SMARTS) is 2. The van der Waals surface area contributed by atoms with Crippen molar-refractivity contribution in [2.75, 3.05) is 0 Å². The summed E-state index contributed by atoms with van der Waals surface area (Å²) in [5.41, 5.74) is 0. The molecule has 2 unspecified atom stereocenters. The van der Waals surface area contributed by atoms with Gasteiger partial charge in [-0.2, -0.15) is 0 Å². The zero-order valence-electron chi connectivity index (χ0n) is 9.76. The molecule has 0 radical (unpaired) electrons.